The SMILES string of the molecule is COc1cc(OC(C)=O)c(C(=O)C=C(C)C)cc1C(C)=O. The summed E-state index contributed by atoms with van der Waals surface area (Å²) in [5.74, 6) is -0.804. The second kappa shape index (κ2) is 6.83. The number of benzene rings is 1. The summed E-state index contributed by atoms with van der Waals surface area (Å²) < 4.78 is 10.2. The van der Waals surface area contributed by atoms with Crippen LogP contribution in [0.4, 0.5) is 0 Å². The Balaban J connectivity index is 3.53. The zero-order valence-electron chi connectivity index (χ0n) is 12.8. The Bertz CT molecular complexity index is 622. The highest BCUT2D eigenvalue weighted by Gasteiger charge is 2.19. The zero-order valence-corrected chi connectivity index (χ0v) is 12.8. The van der Waals surface area contributed by atoms with Crippen LogP contribution in [0, 0.1) is 0 Å². The summed E-state index contributed by atoms with van der Waals surface area (Å²) in [4.78, 5) is 35.0. The molecule has 1 aromatic rings. The normalized spacial score (nSPS) is 9.76. The maximum atomic E-state index is 12.2. The standard InChI is InChI=1S/C16H18O5/c1-9(2)6-14(19)13-7-12(10(3)17)15(20-5)8-16(13)21-11(4)18/h6-8H,1-5H3. The van der Waals surface area contributed by atoms with Gasteiger partial charge in [0.05, 0.1) is 18.2 Å². The lowest BCUT2D eigenvalue weighted by Gasteiger charge is -2.12. The van der Waals surface area contributed by atoms with Crippen molar-refractivity contribution in [2.75, 3.05) is 7.11 Å². The third-order valence-corrected chi connectivity index (χ3v) is 2.62. The minimum Gasteiger partial charge on any atom is -0.496 e. The van der Waals surface area contributed by atoms with Crippen LogP contribution in [0.1, 0.15) is 48.4 Å². The predicted octanol–water partition coefficient (Wildman–Crippen LogP) is 2.97. The van der Waals surface area contributed by atoms with E-state index in [1.807, 2.05) is 0 Å². The number of ether oxygens (including phenoxy) is 2. The van der Waals surface area contributed by atoms with Crippen LogP contribution in [0.5, 0.6) is 11.5 Å². The van der Waals surface area contributed by atoms with Gasteiger partial charge in [0.2, 0.25) is 0 Å². The molecule has 0 aliphatic heterocycles. The molecule has 0 amide bonds. The number of carbonyl (C=O) groups excluding carboxylic acids is 3. The second-order valence-electron chi connectivity index (χ2n) is 4.78. The van der Waals surface area contributed by atoms with Gasteiger partial charge in [-0.3, -0.25) is 14.4 Å². The fourth-order valence-electron chi connectivity index (χ4n) is 1.78. The van der Waals surface area contributed by atoms with Crippen LogP contribution in [-0.4, -0.2) is 24.6 Å². The third-order valence-electron chi connectivity index (χ3n) is 2.62. The van der Waals surface area contributed by atoms with E-state index in [0.29, 0.717) is 0 Å². The third kappa shape index (κ3) is 4.27. The summed E-state index contributed by atoms with van der Waals surface area (Å²) in [5, 5.41) is 0. The molecule has 0 aromatic heterocycles. The molecular weight excluding hydrogens is 272 g/mol. The van der Waals surface area contributed by atoms with Crippen molar-refractivity contribution in [3.8, 4) is 11.5 Å². The summed E-state index contributed by atoms with van der Waals surface area (Å²) in [5.41, 5.74) is 1.21. The summed E-state index contributed by atoms with van der Waals surface area (Å²) in [6.07, 6.45) is 1.42. The van der Waals surface area contributed by atoms with E-state index in [1.54, 1.807) is 13.8 Å². The molecule has 0 fully saturated rings. The number of methoxy groups -OCH3 is 1. The number of ketones is 2. The molecule has 1 aromatic carbocycles. The Morgan fingerprint density at radius 3 is 2.00 bits per heavy atom. The van der Waals surface area contributed by atoms with Crippen LogP contribution in [0.25, 0.3) is 0 Å². The lowest BCUT2D eigenvalue weighted by atomic mass is 10.0. The lowest BCUT2D eigenvalue weighted by Crippen LogP contribution is -2.09. The fraction of sp³-hybridized carbons (Fsp3) is 0.312. The minimum atomic E-state index is -0.557. The van der Waals surface area contributed by atoms with Crippen molar-refractivity contribution in [1.29, 1.82) is 0 Å². The number of allylic oxidation sites excluding steroid dienone is 2. The number of rotatable bonds is 5. The van der Waals surface area contributed by atoms with Gasteiger partial charge in [-0.2, -0.15) is 0 Å². The van der Waals surface area contributed by atoms with E-state index in [4.69, 9.17) is 9.47 Å². The smallest absolute Gasteiger partial charge is 0.308 e. The molecule has 0 aliphatic carbocycles. The maximum Gasteiger partial charge on any atom is 0.308 e. The molecule has 0 spiro atoms. The first-order valence-electron chi connectivity index (χ1n) is 6.37. The number of carbonyl (C=O) groups is 3. The summed E-state index contributed by atoms with van der Waals surface area (Å²) >= 11 is 0. The van der Waals surface area contributed by atoms with Gasteiger partial charge in [0.25, 0.3) is 0 Å². The van der Waals surface area contributed by atoms with E-state index in [0.717, 1.165) is 5.57 Å². The Morgan fingerprint density at radius 1 is 0.952 bits per heavy atom. The molecule has 5 heteroatoms. The monoisotopic (exact) mass is 290 g/mol. The summed E-state index contributed by atoms with van der Waals surface area (Å²) in [6.45, 7) is 6.16. The van der Waals surface area contributed by atoms with Crippen molar-refractivity contribution < 1.29 is 23.9 Å². The number of Topliss-reactive ketones (excluding diaryl/α,β-unsaturated/α-hetero) is 1. The number of esters is 1. The first kappa shape index (κ1) is 16.6. The average molecular weight is 290 g/mol. The topological polar surface area (TPSA) is 69.7 Å². The van der Waals surface area contributed by atoms with Crippen molar-refractivity contribution >= 4 is 17.5 Å². The first-order chi connectivity index (χ1) is 9.76. The maximum absolute atomic E-state index is 12.2. The van der Waals surface area contributed by atoms with Crippen LogP contribution in [0.2, 0.25) is 0 Å². The molecule has 0 saturated heterocycles. The highest BCUT2D eigenvalue weighted by Crippen LogP contribution is 2.30. The van der Waals surface area contributed by atoms with Gasteiger partial charge in [0, 0.05) is 13.0 Å². The molecule has 1 rings (SSSR count). The van der Waals surface area contributed by atoms with E-state index in [9.17, 15) is 14.4 Å². The Labute approximate surface area is 123 Å². The molecule has 0 heterocycles. The number of hydrogen-bond acceptors (Lipinski definition) is 5. The van der Waals surface area contributed by atoms with Crippen molar-refractivity contribution in [1.82, 2.24) is 0 Å². The van der Waals surface area contributed by atoms with Gasteiger partial charge >= 0.3 is 5.97 Å². The Kier molecular flexibility index (Phi) is 5.41. The van der Waals surface area contributed by atoms with Crippen LogP contribution in [-0.2, 0) is 4.79 Å². The highest BCUT2D eigenvalue weighted by atomic mass is 16.5. The highest BCUT2D eigenvalue weighted by molar-refractivity contribution is 6.09. The van der Waals surface area contributed by atoms with Crippen molar-refractivity contribution in [2.24, 2.45) is 0 Å². The Hall–Kier alpha value is -2.43. The predicted molar refractivity (Wildman–Crippen MR) is 78.1 cm³/mol. The minimum absolute atomic E-state index is 0.0758. The van der Waals surface area contributed by atoms with E-state index < -0.39 is 5.97 Å². The average Bonchev–Trinajstić information content (AvgIpc) is 2.36. The van der Waals surface area contributed by atoms with Gasteiger partial charge in [-0.15, -0.1) is 0 Å². The van der Waals surface area contributed by atoms with Gasteiger partial charge in [0.1, 0.15) is 11.5 Å². The van der Waals surface area contributed by atoms with E-state index in [2.05, 4.69) is 0 Å². The van der Waals surface area contributed by atoms with Gasteiger partial charge in [-0.25, -0.2) is 0 Å². The Morgan fingerprint density at radius 2 is 1.57 bits per heavy atom. The van der Waals surface area contributed by atoms with E-state index >= 15 is 0 Å². The largest absolute Gasteiger partial charge is 0.496 e. The summed E-state index contributed by atoms with van der Waals surface area (Å²) in [7, 11) is 1.40. The van der Waals surface area contributed by atoms with Crippen molar-refractivity contribution in [2.45, 2.75) is 27.7 Å². The molecule has 0 radical (unpaired) electrons. The van der Waals surface area contributed by atoms with E-state index in [-0.39, 0.29) is 34.2 Å². The van der Waals surface area contributed by atoms with Crippen molar-refractivity contribution in [3.05, 3.63) is 34.9 Å². The quantitative estimate of drug-likeness (QED) is 0.361. The molecule has 21 heavy (non-hydrogen) atoms. The summed E-state index contributed by atoms with van der Waals surface area (Å²) in [6, 6.07) is 2.77. The molecule has 5 nitrogen and oxygen atoms in total. The molecule has 0 aliphatic rings. The van der Waals surface area contributed by atoms with Crippen LogP contribution in [0.15, 0.2) is 23.8 Å². The molecule has 0 N–H and O–H groups in total. The fourth-order valence-corrected chi connectivity index (χ4v) is 1.78. The lowest BCUT2D eigenvalue weighted by molar-refractivity contribution is -0.131. The van der Waals surface area contributed by atoms with Crippen LogP contribution >= 0.6 is 0 Å². The van der Waals surface area contributed by atoms with Gasteiger partial charge in [0.15, 0.2) is 11.6 Å². The van der Waals surface area contributed by atoms with Crippen LogP contribution in [0.3, 0.4) is 0 Å². The molecule has 0 unspecified atom stereocenters. The molecule has 0 saturated carbocycles. The van der Waals surface area contributed by atoms with Crippen LogP contribution < -0.4 is 9.47 Å². The zero-order chi connectivity index (χ0) is 16.2. The molecule has 112 valence electrons. The van der Waals surface area contributed by atoms with Gasteiger partial charge < -0.3 is 9.47 Å². The first-order valence-corrected chi connectivity index (χ1v) is 6.37. The molecular formula is C16H18O5. The van der Waals surface area contributed by atoms with E-state index in [1.165, 1.54) is 39.2 Å². The van der Waals surface area contributed by atoms with Gasteiger partial charge in [-0.1, -0.05) is 5.57 Å². The molecule has 0 atom stereocenters. The van der Waals surface area contributed by atoms with Gasteiger partial charge in [-0.05, 0) is 32.9 Å². The molecule has 0 bridgehead atoms. The number of hydrogen-bond donors (Lipinski definition) is 0. The second-order valence-corrected chi connectivity index (χ2v) is 4.78. The van der Waals surface area contributed by atoms with Crippen molar-refractivity contribution in [3.63, 3.8) is 0 Å².